The molecule has 3 rings (SSSR count). The fourth-order valence-electron chi connectivity index (χ4n) is 3.19. The molecule has 1 atom stereocenters. The minimum Gasteiger partial charge on any atom is -0.346 e. The predicted octanol–water partition coefficient (Wildman–Crippen LogP) is 3.97. The van der Waals surface area contributed by atoms with Gasteiger partial charge in [0.1, 0.15) is 17.6 Å². The van der Waals surface area contributed by atoms with Gasteiger partial charge in [0.2, 0.25) is 0 Å². The molecule has 0 saturated carbocycles. The highest BCUT2D eigenvalue weighted by molar-refractivity contribution is 6.32. The van der Waals surface area contributed by atoms with Gasteiger partial charge in [-0.15, -0.1) is 0 Å². The molecule has 1 aromatic carbocycles. The largest absolute Gasteiger partial charge is 0.346 e. The zero-order valence-corrected chi connectivity index (χ0v) is 18.1. The molecule has 0 aliphatic heterocycles. The van der Waals surface area contributed by atoms with E-state index in [1.807, 2.05) is 42.9 Å². The lowest BCUT2D eigenvalue weighted by Gasteiger charge is -2.13. The summed E-state index contributed by atoms with van der Waals surface area (Å²) in [6.45, 7) is 4.58. The molecule has 0 unspecified atom stereocenters. The van der Waals surface area contributed by atoms with Crippen LogP contribution in [0.3, 0.4) is 0 Å². The van der Waals surface area contributed by atoms with Gasteiger partial charge in [0.25, 0.3) is 5.91 Å². The van der Waals surface area contributed by atoms with Crippen LogP contribution in [-0.2, 0) is 20.0 Å². The molecule has 30 heavy (non-hydrogen) atoms. The Morgan fingerprint density at radius 3 is 2.87 bits per heavy atom. The molecule has 0 aliphatic rings. The van der Waals surface area contributed by atoms with Gasteiger partial charge in [0, 0.05) is 37.5 Å². The number of aromatic nitrogens is 4. The van der Waals surface area contributed by atoms with Gasteiger partial charge in [-0.05, 0) is 31.5 Å². The van der Waals surface area contributed by atoms with Crippen molar-refractivity contribution in [2.45, 2.75) is 45.7 Å². The van der Waals surface area contributed by atoms with Crippen molar-refractivity contribution in [3.05, 3.63) is 58.8 Å². The van der Waals surface area contributed by atoms with E-state index in [4.69, 9.17) is 16.9 Å². The molecule has 0 spiro atoms. The first-order chi connectivity index (χ1) is 14.4. The zero-order valence-electron chi connectivity index (χ0n) is 17.4. The van der Waals surface area contributed by atoms with Crippen LogP contribution in [0.2, 0.25) is 5.02 Å². The van der Waals surface area contributed by atoms with Crippen LogP contribution in [0.4, 0.5) is 0 Å². The van der Waals surface area contributed by atoms with Crippen molar-refractivity contribution in [3.8, 4) is 17.3 Å². The van der Waals surface area contributed by atoms with Crippen LogP contribution in [0.15, 0.2) is 36.7 Å². The van der Waals surface area contributed by atoms with E-state index in [1.165, 1.54) is 0 Å². The monoisotopic (exact) mass is 424 g/mol. The minimum absolute atomic E-state index is 0.129. The molecule has 0 aliphatic carbocycles. The van der Waals surface area contributed by atoms with Crippen LogP contribution in [0.25, 0.3) is 11.3 Å². The number of unbranched alkanes of at least 4 members (excludes halogenated alkanes) is 1. The molecule has 0 fully saturated rings. The van der Waals surface area contributed by atoms with Crippen LogP contribution in [0.5, 0.6) is 0 Å². The number of aryl methyl sites for hydroxylation is 2. The summed E-state index contributed by atoms with van der Waals surface area (Å²) in [5, 5.41) is 16.9. The van der Waals surface area contributed by atoms with Gasteiger partial charge in [-0.1, -0.05) is 31.0 Å². The van der Waals surface area contributed by atoms with Crippen LogP contribution < -0.4 is 5.32 Å². The van der Waals surface area contributed by atoms with E-state index in [0.29, 0.717) is 22.8 Å². The first-order valence-corrected chi connectivity index (χ1v) is 10.4. The van der Waals surface area contributed by atoms with Gasteiger partial charge < -0.3 is 9.88 Å². The molecule has 1 N–H and O–H groups in total. The summed E-state index contributed by atoms with van der Waals surface area (Å²) in [4.78, 5) is 17.0. The molecular formula is C22H25ClN6O. The molecule has 7 nitrogen and oxygen atoms in total. The number of nitrogens with one attached hydrogen (secondary N) is 1. The molecule has 0 radical (unpaired) electrons. The zero-order chi connectivity index (χ0) is 21.7. The van der Waals surface area contributed by atoms with Gasteiger partial charge in [0.15, 0.2) is 0 Å². The topological polar surface area (TPSA) is 88.5 Å². The summed E-state index contributed by atoms with van der Waals surface area (Å²) >= 11 is 6.11. The first-order valence-electron chi connectivity index (χ1n) is 9.97. The summed E-state index contributed by atoms with van der Waals surface area (Å²) in [5.41, 5.74) is 2.46. The van der Waals surface area contributed by atoms with Crippen molar-refractivity contribution in [1.29, 1.82) is 5.26 Å². The Morgan fingerprint density at radius 1 is 1.37 bits per heavy atom. The van der Waals surface area contributed by atoms with E-state index in [0.717, 1.165) is 36.3 Å². The Balaban J connectivity index is 1.62. The lowest BCUT2D eigenvalue weighted by molar-refractivity contribution is 0.0931. The number of benzene rings is 1. The third-order valence-corrected chi connectivity index (χ3v) is 5.14. The van der Waals surface area contributed by atoms with Crippen molar-refractivity contribution >= 4 is 17.5 Å². The van der Waals surface area contributed by atoms with Crippen molar-refractivity contribution in [2.24, 2.45) is 7.05 Å². The normalized spacial score (nSPS) is 11.8. The lowest BCUT2D eigenvalue weighted by Crippen LogP contribution is -2.36. The summed E-state index contributed by atoms with van der Waals surface area (Å²) < 4.78 is 3.69. The number of nitriles is 1. The molecule has 156 valence electrons. The summed E-state index contributed by atoms with van der Waals surface area (Å²) in [7, 11) is 1.92. The van der Waals surface area contributed by atoms with Crippen LogP contribution >= 0.6 is 11.6 Å². The van der Waals surface area contributed by atoms with Crippen LogP contribution in [-0.4, -0.2) is 31.3 Å². The van der Waals surface area contributed by atoms with Gasteiger partial charge in [-0.2, -0.15) is 10.4 Å². The van der Waals surface area contributed by atoms with E-state index in [2.05, 4.69) is 22.3 Å². The van der Waals surface area contributed by atoms with Crippen molar-refractivity contribution in [3.63, 3.8) is 0 Å². The quantitative estimate of drug-likeness (QED) is 0.592. The fourth-order valence-corrected chi connectivity index (χ4v) is 3.41. The van der Waals surface area contributed by atoms with Crippen molar-refractivity contribution in [2.75, 3.05) is 0 Å². The maximum absolute atomic E-state index is 12.6. The average molecular weight is 425 g/mol. The number of hydrogen-bond acceptors (Lipinski definition) is 4. The number of rotatable bonds is 8. The number of hydrogen-bond donors (Lipinski definition) is 1. The van der Waals surface area contributed by atoms with E-state index >= 15 is 0 Å². The van der Waals surface area contributed by atoms with Gasteiger partial charge in [0.05, 0.1) is 22.8 Å². The lowest BCUT2D eigenvalue weighted by atomic mass is 10.1. The number of halogens is 1. The van der Waals surface area contributed by atoms with E-state index in [9.17, 15) is 4.79 Å². The Morgan fingerprint density at radius 2 is 2.17 bits per heavy atom. The molecule has 0 saturated heterocycles. The predicted molar refractivity (Wildman–Crippen MR) is 116 cm³/mol. The molecule has 0 bridgehead atoms. The molecule has 3 aromatic rings. The molecule has 2 heterocycles. The molecule has 1 amide bonds. The second-order valence-corrected chi connectivity index (χ2v) is 7.77. The number of imidazole rings is 1. The van der Waals surface area contributed by atoms with Gasteiger partial charge in [-0.3, -0.25) is 9.48 Å². The molecule has 2 aromatic heterocycles. The van der Waals surface area contributed by atoms with E-state index < -0.39 is 0 Å². The summed E-state index contributed by atoms with van der Waals surface area (Å²) in [6.07, 6.45) is 6.63. The molecule has 8 heteroatoms. The summed E-state index contributed by atoms with van der Waals surface area (Å²) in [6, 6.07) is 9.03. The number of amides is 1. The highest BCUT2D eigenvalue weighted by Gasteiger charge is 2.16. The van der Waals surface area contributed by atoms with Crippen molar-refractivity contribution < 1.29 is 4.79 Å². The number of carbonyl (C=O) groups is 1. The third kappa shape index (κ3) is 5.08. The maximum Gasteiger partial charge on any atom is 0.271 e. The highest BCUT2D eigenvalue weighted by Crippen LogP contribution is 2.24. The second kappa shape index (κ2) is 9.59. The maximum atomic E-state index is 12.6. The van der Waals surface area contributed by atoms with Crippen LogP contribution in [0, 0.1) is 11.3 Å². The smallest absolute Gasteiger partial charge is 0.271 e. The van der Waals surface area contributed by atoms with E-state index in [-0.39, 0.29) is 11.9 Å². The van der Waals surface area contributed by atoms with Gasteiger partial charge >= 0.3 is 0 Å². The standard InChI is InChI=1S/C22H25ClN6O/c1-4-5-6-21-26-20(14-28(21)3)22(30)25-15(2)13-29-10-9-19(27-29)16-7-8-17(12-24)18(23)11-16/h7-11,14-15H,4-6,13H2,1-3H3,(H,25,30)/t15-/m0/s1. The SMILES string of the molecule is CCCCc1nc(C(=O)N[C@@H](C)Cn2ccc(-c3ccc(C#N)c(Cl)c3)n2)cn1C. The number of carbonyl (C=O) groups excluding carboxylic acids is 1. The van der Waals surface area contributed by atoms with E-state index in [1.54, 1.807) is 23.0 Å². The summed E-state index contributed by atoms with van der Waals surface area (Å²) in [5.74, 6) is 0.736. The number of nitrogens with zero attached hydrogens (tertiary/aromatic N) is 5. The Bertz CT molecular complexity index is 1080. The highest BCUT2D eigenvalue weighted by atomic mass is 35.5. The third-order valence-electron chi connectivity index (χ3n) is 4.82. The fraction of sp³-hybridized carbons (Fsp3) is 0.364. The Labute approximate surface area is 181 Å². The Hall–Kier alpha value is -3.11. The average Bonchev–Trinajstić information content (AvgIpc) is 3.32. The minimum atomic E-state index is -0.188. The second-order valence-electron chi connectivity index (χ2n) is 7.36. The Kier molecular flexibility index (Phi) is 6.91. The molecular weight excluding hydrogens is 400 g/mol. The first kappa shape index (κ1) is 21.6. The van der Waals surface area contributed by atoms with Crippen molar-refractivity contribution in [1.82, 2.24) is 24.6 Å². The van der Waals surface area contributed by atoms with Gasteiger partial charge in [-0.25, -0.2) is 4.98 Å². The van der Waals surface area contributed by atoms with Crippen LogP contribution in [0.1, 0.15) is 48.6 Å².